The summed E-state index contributed by atoms with van der Waals surface area (Å²) in [5.41, 5.74) is 0. The summed E-state index contributed by atoms with van der Waals surface area (Å²) in [6, 6.07) is 0. The fourth-order valence-electron chi connectivity index (χ4n) is 1.49. The molecule has 0 aromatic heterocycles. The van der Waals surface area contributed by atoms with Gasteiger partial charge in [-0.05, 0) is 19.3 Å². The van der Waals surface area contributed by atoms with E-state index >= 15 is 0 Å². The molecule has 92 valence electrons. The van der Waals surface area contributed by atoms with Crippen LogP contribution in [0.2, 0.25) is 0 Å². The summed E-state index contributed by atoms with van der Waals surface area (Å²) in [5.74, 6) is 0. The topological polar surface area (TPSA) is 41.9 Å². The van der Waals surface area contributed by atoms with Crippen LogP contribution in [0.25, 0.3) is 0 Å². The number of ether oxygens (including phenoxy) is 2. The third-order valence-electron chi connectivity index (χ3n) is 2.28. The van der Waals surface area contributed by atoms with E-state index in [2.05, 4.69) is 4.90 Å². The highest BCUT2D eigenvalue weighted by atomic mass is 16.5. The van der Waals surface area contributed by atoms with Gasteiger partial charge in [-0.1, -0.05) is 0 Å². The molecule has 0 aliphatic rings. The van der Waals surface area contributed by atoms with E-state index in [9.17, 15) is 0 Å². The van der Waals surface area contributed by atoms with Crippen LogP contribution in [-0.4, -0.2) is 63.7 Å². The zero-order valence-corrected chi connectivity index (χ0v) is 10.1. The van der Waals surface area contributed by atoms with Crippen molar-refractivity contribution >= 4 is 0 Å². The molecule has 0 saturated heterocycles. The molecular formula is C11H25NO3. The van der Waals surface area contributed by atoms with Crippen LogP contribution in [0.5, 0.6) is 0 Å². The summed E-state index contributed by atoms with van der Waals surface area (Å²) in [6.45, 7) is 4.92. The van der Waals surface area contributed by atoms with E-state index in [-0.39, 0.29) is 6.61 Å². The molecule has 0 unspecified atom stereocenters. The number of rotatable bonds is 11. The van der Waals surface area contributed by atoms with Crippen LogP contribution in [0.4, 0.5) is 0 Å². The Labute approximate surface area is 93.2 Å². The number of aliphatic hydroxyl groups excluding tert-OH is 1. The normalized spacial score (nSPS) is 11.2. The predicted molar refractivity (Wildman–Crippen MR) is 61.1 cm³/mol. The molecule has 0 atom stereocenters. The van der Waals surface area contributed by atoms with E-state index in [1.165, 1.54) is 0 Å². The average Bonchev–Trinajstić information content (AvgIpc) is 2.25. The number of hydrogen-bond acceptors (Lipinski definition) is 4. The van der Waals surface area contributed by atoms with Gasteiger partial charge in [0.1, 0.15) is 0 Å². The fourth-order valence-corrected chi connectivity index (χ4v) is 1.49. The highest BCUT2D eigenvalue weighted by molar-refractivity contribution is 4.58. The number of methoxy groups -OCH3 is 2. The molecule has 1 N–H and O–H groups in total. The Morgan fingerprint density at radius 1 is 0.867 bits per heavy atom. The molecule has 15 heavy (non-hydrogen) atoms. The van der Waals surface area contributed by atoms with Crippen molar-refractivity contribution in [2.24, 2.45) is 0 Å². The Kier molecular flexibility index (Phi) is 11.8. The van der Waals surface area contributed by atoms with Gasteiger partial charge in [0.25, 0.3) is 0 Å². The minimum Gasteiger partial charge on any atom is -0.396 e. The van der Waals surface area contributed by atoms with Crippen molar-refractivity contribution in [1.29, 1.82) is 0 Å². The summed E-state index contributed by atoms with van der Waals surface area (Å²) >= 11 is 0. The van der Waals surface area contributed by atoms with E-state index in [4.69, 9.17) is 14.6 Å². The quantitative estimate of drug-likeness (QED) is 0.521. The lowest BCUT2D eigenvalue weighted by atomic mass is 10.3. The van der Waals surface area contributed by atoms with Crippen LogP contribution in [-0.2, 0) is 9.47 Å². The number of hydrogen-bond donors (Lipinski definition) is 1. The molecule has 0 rings (SSSR count). The standard InChI is InChI=1S/C11H25NO3/c1-14-10-4-7-12(6-3-9-13)8-5-11-15-2/h13H,3-11H2,1-2H3. The highest BCUT2D eigenvalue weighted by Gasteiger charge is 2.03. The van der Waals surface area contributed by atoms with Gasteiger partial charge >= 0.3 is 0 Å². The van der Waals surface area contributed by atoms with Crippen molar-refractivity contribution in [3.63, 3.8) is 0 Å². The van der Waals surface area contributed by atoms with Crippen molar-refractivity contribution in [3.8, 4) is 0 Å². The summed E-state index contributed by atoms with van der Waals surface area (Å²) in [7, 11) is 3.45. The fraction of sp³-hybridized carbons (Fsp3) is 1.00. The van der Waals surface area contributed by atoms with Gasteiger partial charge in [0, 0.05) is 53.7 Å². The Hall–Kier alpha value is -0.160. The molecular weight excluding hydrogens is 194 g/mol. The molecule has 4 nitrogen and oxygen atoms in total. The summed E-state index contributed by atoms with van der Waals surface area (Å²) in [4.78, 5) is 2.36. The van der Waals surface area contributed by atoms with Gasteiger partial charge in [-0.15, -0.1) is 0 Å². The summed E-state index contributed by atoms with van der Waals surface area (Å²) in [6.07, 6.45) is 2.95. The number of nitrogens with zero attached hydrogens (tertiary/aromatic N) is 1. The molecule has 0 radical (unpaired) electrons. The van der Waals surface area contributed by atoms with Crippen molar-refractivity contribution in [2.45, 2.75) is 19.3 Å². The zero-order valence-electron chi connectivity index (χ0n) is 10.1. The maximum atomic E-state index is 8.78. The summed E-state index contributed by atoms with van der Waals surface area (Å²) < 4.78 is 10.0. The molecule has 4 heteroatoms. The van der Waals surface area contributed by atoms with Crippen molar-refractivity contribution in [1.82, 2.24) is 4.90 Å². The molecule has 0 aromatic rings. The first-order valence-corrected chi connectivity index (χ1v) is 5.66. The lowest BCUT2D eigenvalue weighted by molar-refractivity contribution is 0.148. The van der Waals surface area contributed by atoms with Crippen molar-refractivity contribution < 1.29 is 14.6 Å². The maximum absolute atomic E-state index is 8.78. The molecule has 0 amide bonds. The molecule has 0 aliphatic carbocycles. The van der Waals surface area contributed by atoms with E-state index < -0.39 is 0 Å². The summed E-state index contributed by atoms with van der Waals surface area (Å²) in [5, 5.41) is 8.78. The Balaban J connectivity index is 3.53. The second-order valence-corrected chi connectivity index (χ2v) is 3.61. The van der Waals surface area contributed by atoms with Gasteiger partial charge in [-0.25, -0.2) is 0 Å². The lowest BCUT2D eigenvalue weighted by Crippen LogP contribution is -2.29. The second kappa shape index (κ2) is 11.9. The minimum atomic E-state index is 0.269. The molecule has 0 spiro atoms. The molecule has 0 heterocycles. The first-order chi connectivity index (χ1) is 7.35. The molecule has 0 fully saturated rings. The van der Waals surface area contributed by atoms with E-state index in [1.807, 2.05) is 0 Å². The van der Waals surface area contributed by atoms with Gasteiger partial charge in [0.05, 0.1) is 0 Å². The van der Waals surface area contributed by atoms with Crippen LogP contribution >= 0.6 is 0 Å². The lowest BCUT2D eigenvalue weighted by Gasteiger charge is -2.21. The highest BCUT2D eigenvalue weighted by Crippen LogP contribution is 1.97. The Bertz CT molecular complexity index is 112. The molecule has 0 bridgehead atoms. The van der Waals surface area contributed by atoms with E-state index in [0.29, 0.717) is 0 Å². The van der Waals surface area contributed by atoms with Gasteiger partial charge in [0.15, 0.2) is 0 Å². The zero-order chi connectivity index (χ0) is 11.4. The first-order valence-electron chi connectivity index (χ1n) is 5.66. The van der Waals surface area contributed by atoms with Crippen molar-refractivity contribution in [3.05, 3.63) is 0 Å². The van der Waals surface area contributed by atoms with Gasteiger partial charge in [-0.2, -0.15) is 0 Å². The number of aliphatic hydroxyl groups is 1. The molecule has 0 saturated carbocycles. The predicted octanol–water partition coefficient (Wildman–Crippen LogP) is 0.744. The SMILES string of the molecule is COCCCN(CCCO)CCCOC. The molecule has 0 aromatic carbocycles. The van der Waals surface area contributed by atoms with Crippen LogP contribution in [0.3, 0.4) is 0 Å². The second-order valence-electron chi connectivity index (χ2n) is 3.61. The van der Waals surface area contributed by atoms with Crippen LogP contribution in [0, 0.1) is 0 Å². The largest absolute Gasteiger partial charge is 0.396 e. The Morgan fingerprint density at radius 2 is 1.33 bits per heavy atom. The van der Waals surface area contributed by atoms with Crippen LogP contribution in [0.15, 0.2) is 0 Å². The third kappa shape index (κ3) is 10.1. The van der Waals surface area contributed by atoms with Gasteiger partial charge in [0.2, 0.25) is 0 Å². The smallest absolute Gasteiger partial charge is 0.0474 e. The minimum absolute atomic E-state index is 0.269. The average molecular weight is 219 g/mol. The molecule has 0 aliphatic heterocycles. The van der Waals surface area contributed by atoms with Crippen LogP contribution in [0.1, 0.15) is 19.3 Å². The third-order valence-corrected chi connectivity index (χ3v) is 2.28. The van der Waals surface area contributed by atoms with Crippen LogP contribution < -0.4 is 0 Å². The van der Waals surface area contributed by atoms with E-state index in [1.54, 1.807) is 14.2 Å². The Morgan fingerprint density at radius 3 is 1.73 bits per heavy atom. The van der Waals surface area contributed by atoms with Gasteiger partial charge in [-0.3, -0.25) is 0 Å². The maximum Gasteiger partial charge on any atom is 0.0474 e. The van der Waals surface area contributed by atoms with E-state index in [0.717, 1.165) is 52.1 Å². The monoisotopic (exact) mass is 219 g/mol. The van der Waals surface area contributed by atoms with Crippen molar-refractivity contribution in [2.75, 3.05) is 53.7 Å². The first kappa shape index (κ1) is 14.8. The van der Waals surface area contributed by atoms with Gasteiger partial charge < -0.3 is 19.5 Å².